The molecule has 1 N–H and O–H groups in total. The SMILES string of the molecule is O=C(CCCc1cccs1)N1CC[C@@]2(CCCNC2)C1. The van der Waals surface area contributed by atoms with Gasteiger partial charge in [0.1, 0.15) is 0 Å². The molecule has 1 aromatic heterocycles. The van der Waals surface area contributed by atoms with Crippen LogP contribution in [0.15, 0.2) is 17.5 Å². The van der Waals surface area contributed by atoms with Crippen LogP contribution in [0.4, 0.5) is 0 Å². The van der Waals surface area contributed by atoms with Crippen molar-refractivity contribution in [3.05, 3.63) is 22.4 Å². The predicted octanol–water partition coefficient (Wildman–Crippen LogP) is 2.67. The molecule has 2 aliphatic rings. The van der Waals surface area contributed by atoms with Crippen LogP contribution in [0.25, 0.3) is 0 Å². The van der Waals surface area contributed by atoms with Gasteiger partial charge in [-0.05, 0) is 50.1 Å². The van der Waals surface area contributed by atoms with Crippen molar-refractivity contribution >= 4 is 17.2 Å². The average molecular weight is 292 g/mol. The molecule has 20 heavy (non-hydrogen) atoms. The highest BCUT2D eigenvalue weighted by Crippen LogP contribution is 2.36. The van der Waals surface area contributed by atoms with Gasteiger partial charge in [-0.25, -0.2) is 0 Å². The molecule has 3 rings (SSSR count). The van der Waals surface area contributed by atoms with Crippen molar-refractivity contribution in [1.29, 1.82) is 0 Å². The van der Waals surface area contributed by atoms with Gasteiger partial charge in [0.2, 0.25) is 5.91 Å². The van der Waals surface area contributed by atoms with Crippen molar-refractivity contribution in [2.24, 2.45) is 5.41 Å². The molecule has 0 saturated carbocycles. The number of carbonyl (C=O) groups is 1. The largest absolute Gasteiger partial charge is 0.342 e. The Kier molecular flexibility index (Phi) is 4.41. The molecule has 1 aromatic rings. The highest BCUT2D eigenvalue weighted by Gasteiger charge is 2.40. The summed E-state index contributed by atoms with van der Waals surface area (Å²) >= 11 is 1.79. The van der Waals surface area contributed by atoms with E-state index in [1.807, 2.05) is 0 Å². The fourth-order valence-corrected chi connectivity index (χ4v) is 4.30. The molecule has 4 heteroatoms. The maximum Gasteiger partial charge on any atom is 0.222 e. The molecule has 110 valence electrons. The van der Waals surface area contributed by atoms with Gasteiger partial charge in [-0.15, -0.1) is 11.3 Å². The second-order valence-corrected chi connectivity index (χ2v) is 7.31. The number of amides is 1. The first-order chi connectivity index (χ1) is 9.77. The van der Waals surface area contributed by atoms with Gasteiger partial charge in [-0.1, -0.05) is 6.07 Å². The predicted molar refractivity (Wildman–Crippen MR) is 83.0 cm³/mol. The minimum absolute atomic E-state index is 0.365. The van der Waals surface area contributed by atoms with E-state index in [1.165, 1.54) is 24.1 Å². The summed E-state index contributed by atoms with van der Waals surface area (Å²) < 4.78 is 0. The Morgan fingerprint density at radius 3 is 3.15 bits per heavy atom. The number of nitrogens with zero attached hydrogens (tertiary/aromatic N) is 1. The molecule has 2 aliphatic heterocycles. The third-order valence-electron chi connectivity index (χ3n) is 4.75. The van der Waals surface area contributed by atoms with E-state index in [-0.39, 0.29) is 0 Å². The van der Waals surface area contributed by atoms with Crippen molar-refractivity contribution in [3.63, 3.8) is 0 Å². The van der Waals surface area contributed by atoms with Gasteiger partial charge in [0, 0.05) is 36.3 Å². The van der Waals surface area contributed by atoms with Crippen LogP contribution in [-0.4, -0.2) is 37.0 Å². The van der Waals surface area contributed by atoms with E-state index in [9.17, 15) is 4.79 Å². The fraction of sp³-hybridized carbons (Fsp3) is 0.688. The smallest absolute Gasteiger partial charge is 0.222 e. The van der Waals surface area contributed by atoms with Crippen LogP contribution in [0.3, 0.4) is 0 Å². The first-order valence-electron chi connectivity index (χ1n) is 7.78. The van der Waals surface area contributed by atoms with E-state index in [1.54, 1.807) is 11.3 Å². The number of thiophene rings is 1. The van der Waals surface area contributed by atoms with Gasteiger partial charge < -0.3 is 10.2 Å². The van der Waals surface area contributed by atoms with Crippen LogP contribution >= 0.6 is 11.3 Å². The Morgan fingerprint density at radius 1 is 1.45 bits per heavy atom. The van der Waals surface area contributed by atoms with Crippen molar-refractivity contribution < 1.29 is 4.79 Å². The van der Waals surface area contributed by atoms with Gasteiger partial charge in [0.25, 0.3) is 0 Å². The van der Waals surface area contributed by atoms with E-state index < -0.39 is 0 Å². The van der Waals surface area contributed by atoms with Crippen LogP contribution in [0.1, 0.15) is 37.0 Å². The van der Waals surface area contributed by atoms with E-state index in [4.69, 9.17) is 0 Å². The fourth-order valence-electron chi connectivity index (χ4n) is 3.55. The zero-order valence-corrected chi connectivity index (χ0v) is 12.9. The third-order valence-corrected chi connectivity index (χ3v) is 5.68. The van der Waals surface area contributed by atoms with Crippen LogP contribution in [0.5, 0.6) is 0 Å². The van der Waals surface area contributed by atoms with Gasteiger partial charge in [0.15, 0.2) is 0 Å². The van der Waals surface area contributed by atoms with Gasteiger partial charge in [-0.2, -0.15) is 0 Å². The summed E-state index contributed by atoms with van der Waals surface area (Å²) in [7, 11) is 0. The first kappa shape index (κ1) is 14.1. The zero-order valence-electron chi connectivity index (χ0n) is 12.1. The molecule has 2 fully saturated rings. The monoisotopic (exact) mass is 292 g/mol. The Labute approximate surface area is 125 Å². The normalized spacial score (nSPS) is 26.3. The molecular formula is C16H24N2OS. The average Bonchev–Trinajstić information content (AvgIpc) is 3.10. The van der Waals surface area contributed by atoms with Gasteiger partial charge in [-0.3, -0.25) is 4.79 Å². The molecule has 3 heterocycles. The van der Waals surface area contributed by atoms with Crippen molar-refractivity contribution in [2.45, 2.75) is 38.5 Å². The Balaban J connectivity index is 1.44. The number of nitrogens with one attached hydrogen (secondary N) is 1. The third kappa shape index (κ3) is 3.23. The summed E-state index contributed by atoms with van der Waals surface area (Å²) in [5.74, 6) is 0.365. The lowest BCUT2D eigenvalue weighted by molar-refractivity contribution is -0.130. The molecule has 0 bridgehead atoms. The number of piperidine rings is 1. The molecule has 1 spiro atoms. The summed E-state index contributed by atoms with van der Waals surface area (Å²) in [4.78, 5) is 15.8. The van der Waals surface area contributed by atoms with E-state index in [2.05, 4.69) is 27.7 Å². The Bertz CT molecular complexity index is 437. The van der Waals surface area contributed by atoms with E-state index >= 15 is 0 Å². The summed E-state index contributed by atoms with van der Waals surface area (Å²) in [5, 5.41) is 5.61. The number of hydrogen-bond donors (Lipinski definition) is 1. The molecule has 0 aliphatic carbocycles. The second kappa shape index (κ2) is 6.27. The number of carbonyl (C=O) groups excluding carboxylic acids is 1. The summed E-state index contributed by atoms with van der Waals surface area (Å²) in [6, 6.07) is 4.25. The molecule has 1 atom stereocenters. The maximum absolute atomic E-state index is 12.3. The van der Waals surface area contributed by atoms with E-state index in [0.29, 0.717) is 17.7 Å². The van der Waals surface area contributed by atoms with Crippen LogP contribution in [0, 0.1) is 5.41 Å². The lowest BCUT2D eigenvalue weighted by atomic mass is 9.80. The Hall–Kier alpha value is -0.870. The zero-order chi connectivity index (χ0) is 13.8. The minimum Gasteiger partial charge on any atom is -0.342 e. The van der Waals surface area contributed by atoms with Crippen molar-refractivity contribution in [3.8, 4) is 0 Å². The lowest BCUT2D eigenvalue weighted by Gasteiger charge is -2.33. The number of rotatable bonds is 4. The molecule has 0 unspecified atom stereocenters. The lowest BCUT2D eigenvalue weighted by Crippen LogP contribution is -2.42. The summed E-state index contributed by atoms with van der Waals surface area (Å²) in [6.07, 6.45) is 6.49. The molecule has 3 nitrogen and oxygen atoms in total. The highest BCUT2D eigenvalue weighted by atomic mass is 32.1. The van der Waals surface area contributed by atoms with Crippen molar-refractivity contribution in [1.82, 2.24) is 10.2 Å². The van der Waals surface area contributed by atoms with Crippen LogP contribution in [-0.2, 0) is 11.2 Å². The number of likely N-dealkylation sites (tertiary alicyclic amines) is 1. The van der Waals surface area contributed by atoms with Gasteiger partial charge in [0.05, 0.1) is 0 Å². The Morgan fingerprint density at radius 2 is 2.40 bits per heavy atom. The topological polar surface area (TPSA) is 32.3 Å². The van der Waals surface area contributed by atoms with E-state index in [0.717, 1.165) is 39.0 Å². The highest BCUT2D eigenvalue weighted by molar-refractivity contribution is 7.09. The quantitative estimate of drug-likeness (QED) is 0.925. The number of hydrogen-bond acceptors (Lipinski definition) is 3. The molecular weight excluding hydrogens is 268 g/mol. The molecule has 2 saturated heterocycles. The first-order valence-corrected chi connectivity index (χ1v) is 8.66. The van der Waals surface area contributed by atoms with Crippen LogP contribution < -0.4 is 5.32 Å². The standard InChI is InChI=1S/C16H24N2OS/c19-15(6-1-4-14-5-2-11-20-14)18-10-8-16(13-18)7-3-9-17-12-16/h2,5,11,17H,1,3-4,6-10,12-13H2/t16-/m1/s1. The maximum atomic E-state index is 12.3. The molecule has 0 radical (unpaired) electrons. The minimum atomic E-state index is 0.365. The molecule has 1 amide bonds. The summed E-state index contributed by atoms with van der Waals surface area (Å²) in [5.41, 5.74) is 0.391. The van der Waals surface area contributed by atoms with Crippen LogP contribution in [0.2, 0.25) is 0 Å². The van der Waals surface area contributed by atoms with Gasteiger partial charge >= 0.3 is 0 Å². The number of aryl methyl sites for hydroxylation is 1. The summed E-state index contributed by atoms with van der Waals surface area (Å²) in [6.45, 7) is 4.21. The van der Waals surface area contributed by atoms with Crippen molar-refractivity contribution in [2.75, 3.05) is 26.2 Å². The second-order valence-electron chi connectivity index (χ2n) is 6.28. The molecule has 0 aromatic carbocycles.